The zero-order chi connectivity index (χ0) is 23.8. The first kappa shape index (κ1) is 21.5. The number of benzene rings is 2. The minimum atomic E-state index is -1.21. The monoisotopic (exact) mass is 465 g/mol. The van der Waals surface area contributed by atoms with E-state index in [1.54, 1.807) is 36.5 Å². The Balaban J connectivity index is 1.66. The topological polar surface area (TPSA) is 145 Å². The van der Waals surface area contributed by atoms with Crippen molar-refractivity contribution in [2.45, 2.75) is 11.8 Å². The van der Waals surface area contributed by atoms with Crippen molar-refractivity contribution < 1.29 is 44.2 Å². The van der Waals surface area contributed by atoms with Gasteiger partial charge in [0.25, 0.3) is 0 Å². The lowest BCUT2D eigenvalue weighted by molar-refractivity contribution is -0.142. The summed E-state index contributed by atoms with van der Waals surface area (Å²) in [5.74, 6) is -3.38. The molecule has 3 atom stereocenters. The summed E-state index contributed by atoms with van der Waals surface area (Å²) in [5, 5.41) is 28.5. The van der Waals surface area contributed by atoms with Crippen LogP contribution in [0.4, 0.5) is 0 Å². The molecular formula is C24H19NO9. The molecule has 0 saturated heterocycles. The molecule has 3 aromatic rings. The van der Waals surface area contributed by atoms with Crippen LogP contribution in [0.3, 0.4) is 0 Å². The minimum absolute atomic E-state index is 0.0163. The number of hydrogen-bond acceptors (Lipinski definition) is 8. The van der Waals surface area contributed by atoms with Crippen LogP contribution in [0, 0.1) is 5.92 Å². The zero-order valence-electron chi connectivity index (χ0n) is 17.6. The van der Waals surface area contributed by atoms with Crippen LogP contribution in [0.5, 0.6) is 23.0 Å². The molecule has 0 unspecified atom stereocenters. The highest BCUT2D eigenvalue weighted by Crippen LogP contribution is 2.54. The van der Waals surface area contributed by atoms with E-state index in [1.165, 1.54) is 12.1 Å². The van der Waals surface area contributed by atoms with Gasteiger partial charge in [-0.2, -0.15) is 0 Å². The number of carboxylic acids is 2. The van der Waals surface area contributed by atoms with Crippen LogP contribution in [0.2, 0.25) is 0 Å². The fourth-order valence-corrected chi connectivity index (χ4v) is 4.72. The van der Waals surface area contributed by atoms with Crippen LogP contribution in [0.15, 0.2) is 54.7 Å². The lowest BCUT2D eigenvalue weighted by Crippen LogP contribution is -2.24. The van der Waals surface area contributed by atoms with Gasteiger partial charge in [-0.3, -0.25) is 9.78 Å². The first-order valence-corrected chi connectivity index (χ1v) is 10.3. The smallest absolute Gasteiger partial charge is 0.341 e. The Morgan fingerprint density at radius 1 is 1.00 bits per heavy atom. The maximum atomic E-state index is 12.7. The molecule has 0 amide bonds. The van der Waals surface area contributed by atoms with Gasteiger partial charge in [-0.1, -0.05) is 18.2 Å². The van der Waals surface area contributed by atoms with E-state index in [2.05, 4.69) is 9.87 Å². The van der Waals surface area contributed by atoms with Gasteiger partial charge in [0.2, 0.25) is 6.79 Å². The molecule has 174 valence electrons. The average Bonchev–Trinajstić information content (AvgIpc) is 3.44. The number of carboxylic acid groups (broad SMARTS) is 2. The molecule has 1 aromatic heterocycles. The number of aromatic nitrogens is 1. The van der Waals surface area contributed by atoms with E-state index < -0.39 is 36.3 Å². The van der Waals surface area contributed by atoms with E-state index in [1.807, 2.05) is 6.07 Å². The van der Waals surface area contributed by atoms with Crippen molar-refractivity contribution in [3.63, 3.8) is 0 Å². The predicted molar refractivity (Wildman–Crippen MR) is 114 cm³/mol. The molecule has 2 aliphatic rings. The highest BCUT2D eigenvalue weighted by Gasteiger charge is 2.48. The highest BCUT2D eigenvalue weighted by molar-refractivity contribution is 5.78. The quantitative estimate of drug-likeness (QED) is 0.351. The first-order chi connectivity index (χ1) is 16.5. The van der Waals surface area contributed by atoms with E-state index in [-0.39, 0.29) is 18.3 Å². The molecule has 5 rings (SSSR count). The van der Waals surface area contributed by atoms with Gasteiger partial charge in [0.15, 0.2) is 23.9 Å². The molecule has 3 N–H and O–H groups in total. The number of pyridine rings is 1. The zero-order valence-corrected chi connectivity index (χ0v) is 17.6. The number of hydrogen-bond donors (Lipinski definition) is 3. The highest BCUT2D eigenvalue weighted by atomic mass is 17.1. The summed E-state index contributed by atoms with van der Waals surface area (Å²) in [4.78, 5) is 32.6. The summed E-state index contributed by atoms with van der Waals surface area (Å²) in [6, 6.07) is 13.2. The maximum absolute atomic E-state index is 12.7. The molecular weight excluding hydrogens is 446 g/mol. The third-order valence-electron chi connectivity index (χ3n) is 6.04. The van der Waals surface area contributed by atoms with Crippen LogP contribution in [-0.2, 0) is 9.59 Å². The summed E-state index contributed by atoms with van der Waals surface area (Å²) < 4.78 is 16.3. The van der Waals surface area contributed by atoms with Gasteiger partial charge >= 0.3 is 11.9 Å². The van der Waals surface area contributed by atoms with Crippen LogP contribution in [0.1, 0.15) is 34.2 Å². The number of nitrogens with zero attached hydrogens (tertiary/aromatic N) is 1. The number of aliphatic carboxylic acids is 2. The van der Waals surface area contributed by atoms with Crippen molar-refractivity contribution in [2.24, 2.45) is 5.92 Å². The molecule has 1 aliphatic heterocycles. The van der Waals surface area contributed by atoms with Gasteiger partial charge in [-0.15, -0.1) is 0 Å². The number of carbonyl (C=O) groups is 2. The van der Waals surface area contributed by atoms with Crippen LogP contribution >= 0.6 is 0 Å². The molecule has 0 spiro atoms. The van der Waals surface area contributed by atoms with E-state index in [0.717, 1.165) is 11.1 Å². The van der Waals surface area contributed by atoms with Crippen molar-refractivity contribution in [1.29, 1.82) is 0 Å². The van der Waals surface area contributed by atoms with Gasteiger partial charge in [0, 0.05) is 29.7 Å². The Kier molecular flexibility index (Phi) is 5.42. The summed E-state index contributed by atoms with van der Waals surface area (Å²) in [7, 11) is 0. The van der Waals surface area contributed by atoms with Gasteiger partial charge in [0.05, 0.1) is 11.6 Å². The molecule has 0 fully saturated rings. The molecule has 10 nitrogen and oxygen atoms in total. The number of fused-ring (bicyclic) bond motifs is 2. The Morgan fingerprint density at radius 3 is 2.59 bits per heavy atom. The Labute approximate surface area is 192 Å². The SMILES string of the molecule is O=C(O)COc1cc(OO)ccc1[C@@H]1c2ncccc2[C@H](c2ccc3c(c2)OCO3)[C@H]1C(=O)O. The summed E-state index contributed by atoms with van der Waals surface area (Å²) in [5.41, 5.74) is 2.40. The maximum Gasteiger partial charge on any atom is 0.341 e. The summed E-state index contributed by atoms with van der Waals surface area (Å²) >= 11 is 0. The predicted octanol–water partition coefficient (Wildman–Crippen LogP) is 3.10. The van der Waals surface area contributed by atoms with Gasteiger partial charge in [-0.05, 0) is 35.4 Å². The van der Waals surface area contributed by atoms with Crippen molar-refractivity contribution >= 4 is 11.9 Å². The van der Waals surface area contributed by atoms with E-state index in [9.17, 15) is 14.7 Å². The van der Waals surface area contributed by atoms with Gasteiger partial charge < -0.3 is 29.3 Å². The minimum Gasteiger partial charge on any atom is -0.481 e. The van der Waals surface area contributed by atoms with Crippen LogP contribution in [-0.4, -0.2) is 45.8 Å². The molecule has 34 heavy (non-hydrogen) atoms. The van der Waals surface area contributed by atoms with Crippen LogP contribution in [0.25, 0.3) is 0 Å². The van der Waals surface area contributed by atoms with Crippen molar-refractivity contribution in [1.82, 2.24) is 4.98 Å². The number of ether oxygens (including phenoxy) is 3. The molecule has 2 heterocycles. The average molecular weight is 465 g/mol. The fraction of sp³-hybridized carbons (Fsp3) is 0.208. The van der Waals surface area contributed by atoms with Crippen molar-refractivity contribution in [3.8, 4) is 23.0 Å². The Bertz CT molecular complexity index is 1280. The van der Waals surface area contributed by atoms with E-state index >= 15 is 0 Å². The second kappa shape index (κ2) is 8.56. The summed E-state index contributed by atoms with van der Waals surface area (Å²) in [6.45, 7) is -0.566. The summed E-state index contributed by atoms with van der Waals surface area (Å²) in [6.07, 6.45) is 1.58. The van der Waals surface area contributed by atoms with E-state index in [0.29, 0.717) is 22.8 Å². The largest absolute Gasteiger partial charge is 0.481 e. The van der Waals surface area contributed by atoms with Crippen LogP contribution < -0.4 is 19.1 Å². The first-order valence-electron chi connectivity index (χ1n) is 10.3. The third-order valence-corrected chi connectivity index (χ3v) is 6.04. The molecule has 10 heteroatoms. The normalized spacial score (nSPS) is 20.0. The lowest BCUT2D eigenvalue weighted by atomic mass is 9.79. The number of rotatable bonds is 7. The fourth-order valence-electron chi connectivity index (χ4n) is 4.72. The van der Waals surface area contributed by atoms with E-state index in [4.69, 9.17) is 24.6 Å². The second-order valence-corrected chi connectivity index (χ2v) is 7.88. The van der Waals surface area contributed by atoms with Gasteiger partial charge in [-0.25, -0.2) is 10.1 Å². The van der Waals surface area contributed by atoms with Crippen molar-refractivity contribution in [3.05, 3.63) is 77.1 Å². The van der Waals surface area contributed by atoms with Gasteiger partial charge in [0.1, 0.15) is 5.75 Å². The Morgan fingerprint density at radius 2 is 1.82 bits per heavy atom. The molecule has 0 saturated carbocycles. The van der Waals surface area contributed by atoms with Crippen molar-refractivity contribution in [2.75, 3.05) is 13.4 Å². The third kappa shape index (κ3) is 3.63. The Hall–Kier alpha value is -4.31. The molecule has 1 aliphatic carbocycles. The standard InChI is InChI=1S/C24H19NO9/c26-19(27)10-31-17-9-13(34-30)4-5-14(17)21-22(24(28)29)20(15-2-1-7-25-23(15)21)12-3-6-16-18(8-12)33-11-32-16/h1-9,20-22,30H,10-11H2,(H,26,27)(H,28,29)/t20-,21-,22+/m0/s1. The molecule has 0 radical (unpaired) electrons. The molecule has 0 bridgehead atoms. The lowest BCUT2D eigenvalue weighted by Gasteiger charge is -2.24. The second-order valence-electron chi connectivity index (χ2n) is 7.88. The molecule has 2 aromatic carbocycles.